The molecule has 3 rings (SSSR count). The molecular weight excluding hydrogens is 254 g/mol. The van der Waals surface area contributed by atoms with Crippen LogP contribution in [0.25, 0.3) is 0 Å². The predicted octanol–water partition coefficient (Wildman–Crippen LogP) is 2.66. The number of hydrogen-bond acceptors (Lipinski definition) is 4. The number of anilines is 1. The van der Waals surface area contributed by atoms with E-state index in [1.54, 1.807) is 0 Å². The first-order valence-electron chi connectivity index (χ1n) is 6.62. The number of aromatic carboxylic acids is 1. The van der Waals surface area contributed by atoms with Crippen molar-refractivity contribution >= 4 is 11.9 Å². The first-order chi connectivity index (χ1) is 9.74. The zero-order valence-electron chi connectivity index (χ0n) is 10.9. The second-order valence-electron chi connectivity index (χ2n) is 4.91. The molecule has 1 saturated carbocycles. The number of carboxylic acid groups (broad SMARTS) is 1. The van der Waals surface area contributed by atoms with Gasteiger partial charge in [0.25, 0.3) is 0 Å². The van der Waals surface area contributed by atoms with Crippen LogP contribution in [0.3, 0.4) is 0 Å². The molecule has 1 aliphatic rings. The lowest BCUT2D eigenvalue weighted by atomic mass is 10.1. The maximum absolute atomic E-state index is 11.1. The summed E-state index contributed by atoms with van der Waals surface area (Å²) < 4.78 is 0. The highest BCUT2D eigenvalue weighted by Crippen LogP contribution is 2.40. The monoisotopic (exact) mass is 269 g/mol. The maximum atomic E-state index is 11.1. The van der Waals surface area contributed by atoms with Gasteiger partial charge in [0.2, 0.25) is 5.95 Å². The maximum Gasteiger partial charge on any atom is 0.339 e. The van der Waals surface area contributed by atoms with Gasteiger partial charge in [-0.1, -0.05) is 30.3 Å². The third-order valence-electron chi connectivity index (χ3n) is 3.31. The lowest BCUT2D eigenvalue weighted by Gasteiger charge is -2.08. The topological polar surface area (TPSA) is 75.1 Å². The molecule has 0 atom stereocenters. The van der Waals surface area contributed by atoms with Crippen molar-refractivity contribution in [1.82, 2.24) is 9.97 Å². The summed E-state index contributed by atoms with van der Waals surface area (Å²) in [6.07, 6.45) is 3.42. The van der Waals surface area contributed by atoms with Crippen LogP contribution in [0.4, 0.5) is 5.95 Å². The lowest BCUT2D eigenvalue weighted by Crippen LogP contribution is -2.10. The molecule has 102 valence electrons. The van der Waals surface area contributed by atoms with Crippen LogP contribution >= 0.6 is 0 Å². The molecule has 0 spiro atoms. The van der Waals surface area contributed by atoms with E-state index in [1.807, 2.05) is 30.3 Å². The van der Waals surface area contributed by atoms with Gasteiger partial charge < -0.3 is 10.4 Å². The highest BCUT2D eigenvalue weighted by Gasteiger charge is 2.30. The number of aromatic nitrogens is 2. The molecule has 2 N–H and O–H groups in total. The number of hydrogen-bond donors (Lipinski definition) is 2. The van der Waals surface area contributed by atoms with Gasteiger partial charge in [-0.2, -0.15) is 0 Å². The number of carboxylic acids is 1. The van der Waals surface area contributed by atoms with Crippen LogP contribution < -0.4 is 5.32 Å². The molecule has 1 aromatic heterocycles. The Kier molecular flexibility index (Phi) is 3.33. The number of nitrogens with one attached hydrogen (secondary N) is 1. The molecule has 0 bridgehead atoms. The fraction of sp³-hybridized carbons (Fsp3) is 0.267. The molecule has 1 aliphatic carbocycles. The summed E-state index contributed by atoms with van der Waals surface area (Å²) in [5.41, 5.74) is 2.01. The van der Waals surface area contributed by atoms with Crippen molar-refractivity contribution < 1.29 is 9.90 Å². The highest BCUT2D eigenvalue weighted by molar-refractivity contribution is 5.89. The SMILES string of the molecule is O=C(O)c1cnc(NCc2ccccc2)nc1C1CC1. The van der Waals surface area contributed by atoms with Gasteiger partial charge in [0.1, 0.15) is 0 Å². The Labute approximate surface area is 116 Å². The third-order valence-corrected chi connectivity index (χ3v) is 3.31. The summed E-state index contributed by atoms with van der Waals surface area (Å²) in [5.74, 6) is -0.191. The Morgan fingerprint density at radius 3 is 2.70 bits per heavy atom. The molecule has 0 saturated heterocycles. The Bertz CT molecular complexity index is 624. The number of rotatable bonds is 5. The Morgan fingerprint density at radius 1 is 1.30 bits per heavy atom. The van der Waals surface area contributed by atoms with Crippen molar-refractivity contribution in [3.8, 4) is 0 Å². The first kappa shape index (κ1) is 12.6. The van der Waals surface area contributed by atoms with Crippen LogP contribution in [0, 0.1) is 0 Å². The first-order valence-corrected chi connectivity index (χ1v) is 6.62. The average Bonchev–Trinajstić information content (AvgIpc) is 3.30. The second-order valence-corrected chi connectivity index (χ2v) is 4.91. The summed E-state index contributed by atoms with van der Waals surface area (Å²) in [7, 11) is 0. The standard InChI is InChI=1S/C15H15N3O2/c19-14(20)12-9-17-15(18-13(12)11-6-7-11)16-8-10-4-2-1-3-5-10/h1-5,9,11H,6-8H2,(H,19,20)(H,16,17,18). The van der Waals surface area contributed by atoms with Crippen molar-refractivity contribution in [2.45, 2.75) is 25.3 Å². The van der Waals surface area contributed by atoms with Crippen molar-refractivity contribution in [3.63, 3.8) is 0 Å². The zero-order chi connectivity index (χ0) is 13.9. The van der Waals surface area contributed by atoms with Crippen LogP contribution in [-0.4, -0.2) is 21.0 Å². The fourth-order valence-electron chi connectivity index (χ4n) is 2.09. The van der Waals surface area contributed by atoms with Gasteiger partial charge in [0, 0.05) is 18.7 Å². The van der Waals surface area contributed by atoms with E-state index in [0.29, 0.717) is 18.2 Å². The van der Waals surface area contributed by atoms with E-state index in [1.165, 1.54) is 6.20 Å². The molecular formula is C15H15N3O2. The Balaban J connectivity index is 1.77. The molecule has 1 heterocycles. The summed E-state index contributed by atoms with van der Waals surface area (Å²) in [6, 6.07) is 9.94. The molecule has 0 radical (unpaired) electrons. The lowest BCUT2D eigenvalue weighted by molar-refractivity contribution is 0.0694. The van der Waals surface area contributed by atoms with Gasteiger partial charge >= 0.3 is 5.97 Å². The van der Waals surface area contributed by atoms with E-state index in [-0.39, 0.29) is 11.5 Å². The van der Waals surface area contributed by atoms with E-state index in [4.69, 9.17) is 5.11 Å². The van der Waals surface area contributed by atoms with Crippen LogP contribution in [0.15, 0.2) is 36.5 Å². The molecule has 2 aromatic rings. The minimum absolute atomic E-state index is 0.220. The largest absolute Gasteiger partial charge is 0.478 e. The molecule has 20 heavy (non-hydrogen) atoms. The van der Waals surface area contributed by atoms with E-state index >= 15 is 0 Å². The molecule has 0 aliphatic heterocycles. The van der Waals surface area contributed by atoms with Gasteiger partial charge in [-0.3, -0.25) is 0 Å². The van der Waals surface area contributed by atoms with Crippen LogP contribution in [0.2, 0.25) is 0 Å². The normalized spacial score (nSPS) is 14.0. The van der Waals surface area contributed by atoms with Crippen molar-refractivity contribution in [2.75, 3.05) is 5.32 Å². The summed E-state index contributed by atoms with van der Waals surface area (Å²) in [4.78, 5) is 19.6. The highest BCUT2D eigenvalue weighted by atomic mass is 16.4. The molecule has 0 unspecified atom stereocenters. The van der Waals surface area contributed by atoms with Crippen molar-refractivity contribution in [3.05, 3.63) is 53.3 Å². The van der Waals surface area contributed by atoms with Gasteiger partial charge in [-0.25, -0.2) is 14.8 Å². The fourth-order valence-corrected chi connectivity index (χ4v) is 2.09. The van der Waals surface area contributed by atoms with Gasteiger partial charge in [-0.15, -0.1) is 0 Å². The zero-order valence-corrected chi connectivity index (χ0v) is 10.9. The van der Waals surface area contributed by atoms with Gasteiger partial charge in [0.05, 0.1) is 11.3 Å². The number of benzene rings is 1. The van der Waals surface area contributed by atoms with E-state index in [0.717, 1.165) is 18.4 Å². The average molecular weight is 269 g/mol. The van der Waals surface area contributed by atoms with Crippen LogP contribution in [0.5, 0.6) is 0 Å². The van der Waals surface area contributed by atoms with Crippen LogP contribution in [-0.2, 0) is 6.54 Å². The smallest absolute Gasteiger partial charge is 0.339 e. The minimum atomic E-state index is -0.957. The molecule has 0 amide bonds. The number of nitrogens with zero attached hydrogens (tertiary/aromatic N) is 2. The summed E-state index contributed by atoms with van der Waals surface area (Å²) in [5, 5.41) is 12.3. The van der Waals surface area contributed by atoms with Gasteiger partial charge in [-0.05, 0) is 18.4 Å². The van der Waals surface area contributed by atoms with Gasteiger partial charge in [0.15, 0.2) is 0 Å². The van der Waals surface area contributed by atoms with E-state index < -0.39 is 5.97 Å². The third kappa shape index (κ3) is 2.77. The van der Waals surface area contributed by atoms with E-state index in [9.17, 15) is 4.79 Å². The van der Waals surface area contributed by atoms with E-state index in [2.05, 4.69) is 15.3 Å². The van der Waals surface area contributed by atoms with Crippen molar-refractivity contribution in [2.24, 2.45) is 0 Å². The molecule has 1 aromatic carbocycles. The predicted molar refractivity (Wildman–Crippen MR) is 74.7 cm³/mol. The quantitative estimate of drug-likeness (QED) is 0.872. The Morgan fingerprint density at radius 2 is 2.05 bits per heavy atom. The van der Waals surface area contributed by atoms with Crippen LogP contribution in [0.1, 0.15) is 40.4 Å². The molecule has 1 fully saturated rings. The second kappa shape index (κ2) is 5.28. The molecule has 5 nitrogen and oxygen atoms in total. The number of carbonyl (C=O) groups is 1. The minimum Gasteiger partial charge on any atom is -0.478 e. The van der Waals surface area contributed by atoms with Crippen molar-refractivity contribution in [1.29, 1.82) is 0 Å². The molecule has 5 heteroatoms. The summed E-state index contributed by atoms with van der Waals surface area (Å²) in [6.45, 7) is 0.622. The summed E-state index contributed by atoms with van der Waals surface area (Å²) >= 11 is 0. The Hall–Kier alpha value is -2.43.